The van der Waals surface area contributed by atoms with Gasteiger partial charge >= 0.3 is 0 Å². The Labute approximate surface area is 222 Å². The van der Waals surface area contributed by atoms with Gasteiger partial charge in [0.05, 0.1) is 5.02 Å². The number of hydrogen-bond acceptors (Lipinski definition) is 5. The van der Waals surface area contributed by atoms with Gasteiger partial charge in [0.1, 0.15) is 11.3 Å². The fourth-order valence-electron chi connectivity index (χ4n) is 3.64. The summed E-state index contributed by atoms with van der Waals surface area (Å²) in [5.74, 6) is 0.441. The number of anilines is 1. The number of rotatable bonds is 5. The Bertz CT molecular complexity index is 1620. The molecule has 1 amide bonds. The first-order chi connectivity index (χ1) is 17.4. The van der Waals surface area contributed by atoms with Crippen molar-refractivity contribution in [2.24, 2.45) is 0 Å². The summed E-state index contributed by atoms with van der Waals surface area (Å²) in [6.07, 6.45) is -0.842. The zero-order valence-electron chi connectivity index (χ0n) is 18.9. The minimum atomic E-state index is -0.842. The van der Waals surface area contributed by atoms with Gasteiger partial charge in [-0.25, -0.2) is 4.98 Å². The summed E-state index contributed by atoms with van der Waals surface area (Å²) < 4.78 is 11.6. The smallest absolute Gasteiger partial charge is 0.266 e. The number of nitrogens with zero attached hydrogens (tertiary/aromatic N) is 1. The van der Waals surface area contributed by atoms with Crippen LogP contribution in [0.4, 0.5) is 5.69 Å². The molecule has 9 heteroatoms. The Kier molecular flexibility index (Phi) is 6.78. The third-order valence-corrected chi connectivity index (χ3v) is 6.18. The molecule has 1 unspecified atom stereocenters. The second kappa shape index (κ2) is 10.1. The summed E-state index contributed by atoms with van der Waals surface area (Å²) >= 11 is 17.3. The molecule has 0 spiro atoms. The van der Waals surface area contributed by atoms with Crippen LogP contribution in [0.25, 0.3) is 33.3 Å². The molecule has 5 aromatic rings. The van der Waals surface area contributed by atoms with Crippen LogP contribution in [-0.2, 0) is 4.79 Å². The van der Waals surface area contributed by atoms with E-state index in [1.807, 2.05) is 30.3 Å². The number of ether oxygens (including phenoxy) is 1. The van der Waals surface area contributed by atoms with Crippen LogP contribution < -0.4 is 15.4 Å². The fraction of sp³-hybridized carbons (Fsp3) is 0.0741. The second-order valence-electron chi connectivity index (χ2n) is 8.04. The highest BCUT2D eigenvalue weighted by molar-refractivity contribution is 7.80. The van der Waals surface area contributed by atoms with Crippen LogP contribution in [0.3, 0.4) is 0 Å². The maximum Gasteiger partial charge on any atom is 0.266 e. The topological polar surface area (TPSA) is 76.4 Å². The number of thiocarbonyl (C=S) groups is 1. The predicted octanol–water partition coefficient (Wildman–Crippen LogP) is 7.24. The molecule has 6 nitrogen and oxygen atoms in total. The van der Waals surface area contributed by atoms with E-state index in [1.165, 1.54) is 0 Å². The lowest BCUT2D eigenvalue weighted by atomic mass is 10.1. The van der Waals surface area contributed by atoms with Crippen LogP contribution in [0.15, 0.2) is 83.3 Å². The van der Waals surface area contributed by atoms with Crippen molar-refractivity contribution in [1.82, 2.24) is 10.3 Å². The van der Waals surface area contributed by atoms with E-state index in [9.17, 15) is 4.79 Å². The van der Waals surface area contributed by atoms with Gasteiger partial charge in [-0.3, -0.25) is 10.1 Å². The molecule has 1 heterocycles. The summed E-state index contributed by atoms with van der Waals surface area (Å²) in [4.78, 5) is 17.2. The van der Waals surface area contributed by atoms with Gasteiger partial charge in [0, 0.05) is 16.3 Å². The summed E-state index contributed by atoms with van der Waals surface area (Å²) in [6, 6.07) is 24.4. The molecule has 0 saturated heterocycles. The van der Waals surface area contributed by atoms with E-state index >= 15 is 0 Å². The van der Waals surface area contributed by atoms with E-state index in [4.69, 9.17) is 44.6 Å². The van der Waals surface area contributed by atoms with Crippen molar-refractivity contribution < 1.29 is 13.9 Å². The van der Waals surface area contributed by atoms with Crippen molar-refractivity contribution in [2.45, 2.75) is 13.0 Å². The van der Waals surface area contributed by atoms with Crippen LogP contribution in [0.5, 0.6) is 5.75 Å². The van der Waals surface area contributed by atoms with Crippen molar-refractivity contribution in [2.75, 3.05) is 5.32 Å². The molecule has 0 fully saturated rings. The maximum absolute atomic E-state index is 12.5. The third kappa shape index (κ3) is 5.28. The highest BCUT2D eigenvalue weighted by Gasteiger charge is 2.18. The van der Waals surface area contributed by atoms with Gasteiger partial charge in [-0.1, -0.05) is 53.5 Å². The Hall–Kier alpha value is -3.65. The first kappa shape index (κ1) is 24.1. The number of halogens is 2. The molecule has 180 valence electrons. The van der Waals surface area contributed by atoms with Gasteiger partial charge in [0.15, 0.2) is 16.8 Å². The van der Waals surface area contributed by atoms with Crippen LogP contribution >= 0.6 is 35.4 Å². The molecule has 36 heavy (non-hydrogen) atoms. The number of fused-ring (bicyclic) bond motifs is 2. The van der Waals surface area contributed by atoms with Gasteiger partial charge in [-0.05, 0) is 78.4 Å². The van der Waals surface area contributed by atoms with Crippen molar-refractivity contribution in [3.8, 4) is 17.2 Å². The zero-order valence-corrected chi connectivity index (χ0v) is 21.2. The minimum Gasteiger partial charge on any atom is -0.479 e. The average molecular weight is 536 g/mol. The molecule has 0 aliphatic carbocycles. The summed E-state index contributed by atoms with van der Waals surface area (Å²) in [5, 5.41) is 8.78. The first-order valence-electron chi connectivity index (χ1n) is 11.0. The molecular weight excluding hydrogens is 517 g/mol. The van der Waals surface area contributed by atoms with E-state index in [-0.39, 0.29) is 5.11 Å². The van der Waals surface area contributed by atoms with E-state index in [0.717, 1.165) is 16.3 Å². The number of aromatic nitrogens is 1. The van der Waals surface area contributed by atoms with Crippen LogP contribution in [0.2, 0.25) is 10.0 Å². The second-order valence-corrected chi connectivity index (χ2v) is 9.29. The zero-order chi connectivity index (χ0) is 25.2. The molecule has 1 aromatic heterocycles. The maximum atomic E-state index is 12.5. The quantitative estimate of drug-likeness (QED) is 0.231. The van der Waals surface area contributed by atoms with Gasteiger partial charge in [0.25, 0.3) is 5.91 Å². The van der Waals surface area contributed by atoms with Crippen molar-refractivity contribution >= 4 is 74.0 Å². The molecule has 4 aromatic carbocycles. The molecule has 2 N–H and O–H groups in total. The number of carbonyl (C=O) groups excluding carboxylic acids is 1. The van der Waals surface area contributed by atoms with Crippen molar-refractivity contribution in [3.05, 3.63) is 88.9 Å². The van der Waals surface area contributed by atoms with E-state index < -0.39 is 12.0 Å². The van der Waals surface area contributed by atoms with E-state index in [2.05, 4.69) is 27.8 Å². The normalized spacial score (nSPS) is 11.9. The molecular formula is C27H19Cl2N3O3S. The Morgan fingerprint density at radius 2 is 1.81 bits per heavy atom. The summed E-state index contributed by atoms with van der Waals surface area (Å²) in [5.41, 5.74) is 2.84. The van der Waals surface area contributed by atoms with E-state index in [0.29, 0.717) is 38.5 Å². The first-order valence-corrected chi connectivity index (χ1v) is 12.2. The minimum absolute atomic E-state index is 0.121. The monoisotopic (exact) mass is 535 g/mol. The SMILES string of the molecule is CC(Oc1ccc(Cl)cc1Cl)C(=O)NC(=S)Nc1ccc2oc(-c3ccc4ccccc4c3)nc2c1. The molecule has 0 saturated carbocycles. The number of amides is 1. The number of benzene rings is 4. The molecule has 0 aliphatic rings. The Morgan fingerprint density at radius 3 is 2.61 bits per heavy atom. The number of oxazole rings is 1. The fourth-order valence-corrected chi connectivity index (χ4v) is 4.31. The molecule has 0 aliphatic heterocycles. The van der Waals surface area contributed by atoms with Gasteiger partial charge in [-0.15, -0.1) is 0 Å². The highest BCUT2D eigenvalue weighted by atomic mass is 35.5. The summed E-state index contributed by atoms with van der Waals surface area (Å²) in [7, 11) is 0. The number of hydrogen-bond donors (Lipinski definition) is 2. The van der Waals surface area contributed by atoms with Crippen molar-refractivity contribution in [1.29, 1.82) is 0 Å². The largest absolute Gasteiger partial charge is 0.479 e. The van der Waals surface area contributed by atoms with Crippen molar-refractivity contribution in [3.63, 3.8) is 0 Å². The summed E-state index contributed by atoms with van der Waals surface area (Å²) in [6.45, 7) is 1.60. The van der Waals surface area contributed by atoms with Crippen LogP contribution in [0.1, 0.15) is 6.92 Å². The molecule has 5 rings (SSSR count). The van der Waals surface area contributed by atoms with Crippen LogP contribution in [-0.4, -0.2) is 22.1 Å². The van der Waals surface area contributed by atoms with Crippen LogP contribution in [0, 0.1) is 0 Å². The third-order valence-electron chi connectivity index (χ3n) is 5.45. The lowest BCUT2D eigenvalue weighted by Gasteiger charge is -2.16. The van der Waals surface area contributed by atoms with Gasteiger partial charge < -0.3 is 14.5 Å². The number of nitrogens with one attached hydrogen (secondary N) is 2. The Balaban J connectivity index is 1.25. The lowest BCUT2D eigenvalue weighted by Crippen LogP contribution is -2.42. The van der Waals surface area contributed by atoms with Gasteiger partial charge in [-0.2, -0.15) is 0 Å². The Morgan fingerprint density at radius 1 is 1.00 bits per heavy atom. The highest BCUT2D eigenvalue weighted by Crippen LogP contribution is 2.29. The van der Waals surface area contributed by atoms with Gasteiger partial charge in [0.2, 0.25) is 5.89 Å². The average Bonchev–Trinajstić information content (AvgIpc) is 3.29. The van der Waals surface area contributed by atoms with E-state index in [1.54, 1.807) is 43.3 Å². The number of carbonyl (C=O) groups is 1. The standard InChI is InChI=1S/C27H19Cl2N3O3S/c1-15(34-23-10-8-19(28)13-21(23)29)25(33)32-27(36)30-20-9-11-24-22(14-20)31-26(35-24)18-7-6-16-4-2-3-5-17(16)12-18/h2-15H,1H3,(H2,30,32,33,36). The predicted molar refractivity (Wildman–Crippen MR) is 148 cm³/mol. The lowest BCUT2D eigenvalue weighted by molar-refractivity contribution is -0.125. The molecule has 0 radical (unpaired) electrons. The molecule has 1 atom stereocenters. The molecule has 0 bridgehead atoms.